The molecule has 1 aromatic heterocycles. The van der Waals surface area contributed by atoms with E-state index in [1.54, 1.807) is 0 Å². The van der Waals surface area contributed by atoms with Crippen LogP contribution in [0.15, 0.2) is 6.33 Å². The van der Waals surface area contributed by atoms with Crippen molar-refractivity contribution in [3.8, 4) is 5.88 Å². The average Bonchev–Trinajstić information content (AvgIpc) is 2.26. The van der Waals surface area contributed by atoms with E-state index in [0.717, 1.165) is 24.3 Å². The minimum Gasteiger partial charge on any atom is -0.475 e. The fraction of sp³-hybridized carbons (Fsp3) is 0.600. The van der Waals surface area contributed by atoms with Gasteiger partial charge >= 0.3 is 0 Å². The largest absolute Gasteiger partial charge is 0.475 e. The van der Waals surface area contributed by atoms with Crippen LogP contribution in [0.1, 0.15) is 18.9 Å². The van der Waals surface area contributed by atoms with Crippen molar-refractivity contribution in [3.63, 3.8) is 0 Å². The van der Waals surface area contributed by atoms with Gasteiger partial charge in [-0.3, -0.25) is 0 Å². The van der Waals surface area contributed by atoms with E-state index >= 15 is 0 Å². The van der Waals surface area contributed by atoms with Crippen molar-refractivity contribution in [2.75, 3.05) is 25.1 Å². The predicted octanol–water partition coefficient (Wildman–Crippen LogP) is 0.978. The standard InChI is InChI=1S/C10H17N3O2/c1-3-4-11-9-8(2)10(13-7-12-9)15-6-5-14/h7,14H,3-6H2,1-2H3,(H,11,12,13). The molecule has 5 heteroatoms. The number of hydrogen-bond donors (Lipinski definition) is 2. The summed E-state index contributed by atoms with van der Waals surface area (Å²) in [6.45, 7) is 5.10. The Kier molecular flexibility index (Phi) is 4.83. The molecule has 15 heavy (non-hydrogen) atoms. The summed E-state index contributed by atoms with van der Waals surface area (Å²) in [5.74, 6) is 1.32. The third-order valence-corrected chi connectivity index (χ3v) is 1.91. The summed E-state index contributed by atoms with van der Waals surface area (Å²) in [4.78, 5) is 8.12. The lowest BCUT2D eigenvalue weighted by molar-refractivity contribution is 0.196. The van der Waals surface area contributed by atoms with Crippen LogP contribution >= 0.6 is 0 Å². The zero-order valence-corrected chi connectivity index (χ0v) is 9.16. The number of nitrogens with one attached hydrogen (secondary N) is 1. The summed E-state index contributed by atoms with van der Waals surface area (Å²) < 4.78 is 5.27. The highest BCUT2D eigenvalue weighted by Crippen LogP contribution is 2.19. The van der Waals surface area contributed by atoms with E-state index in [0.29, 0.717) is 5.88 Å². The first-order valence-electron chi connectivity index (χ1n) is 5.08. The fourth-order valence-corrected chi connectivity index (χ4v) is 1.14. The predicted molar refractivity (Wildman–Crippen MR) is 58.1 cm³/mol. The van der Waals surface area contributed by atoms with E-state index in [-0.39, 0.29) is 13.2 Å². The van der Waals surface area contributed by atoms with Crippen molar-refractivity contribution in [3.05, 3.63) is 11.9 Å². The van der Waals surface area contributed by atoms with E-state index in [1.807, 2.05) is 6.92 Å². The highest BCUT2D eigenvalue weighted by atomic mass is 16.5. The first kappa shape index (κ1) is 11.7. The maximum Gasteiger partial charge on any atom is 0.221 e. The molecule has 0 fully saturated rings. The molecule has 0 spiro atoms. The second-order valence-electron chi connectivity index (χ2n) is 3.15. The SMILES string of the molecule is CCCNc1ncnc(OCCO)c1C. The van der Waals surface area contributed by atoms with E-state index in [2.05, 4.69) is 22.2 Å². The number of aliphatic hydroxyl groups excluding tert-OH is 1. The lowest BCUT2D eigenvalue weighted by Crippen LogP contribution is -2.08. The van der Waals surface area contributed by atoms with E-state index in [9.17, 15) is 0 Å². The van der Waals surface area contributed by atoms with Crippen LogP contribution in [-0.4, -0.2) is 34.8 Å². The molecule has 0 amide bonds. The average molecular weight is 211 g/mol. The van der Waals surface area contributed by atoms with Gasteiger partial charge in [-0.15, -0.1) is 0 Å². The van der Waals surface area contributed by atoms with Crippen molar-refractivity contribution in [1.29, 1.82) is 0 Å². The molecular weight excluding hydrogens is 194 g/mol. The van der Waals surface area contributed by atoms with Crippen molar-refractivity contribution in [2.24, 2.45) is 0 Å². The number of hydrogen-bond acceptors (Lipinski definition) is 5. The number of nitrogens with zero attached hydrogens (tertiary/aromatic N) is 2. The smallest absolute Gasteiger partial charge is 0.221 e. The summed E-state index contributed by atoms with van der Waals surface area (Å²) in [5.41, 5.74) is 0.874. The summed E-state index contributed by atoms with van der Waals surface area (Å²) in [6.07, 6.45) is 2.49. The van der Waals surface area contributed by atoms with Crippen LogP contribution in [0.2, 0.25) is 0 Å². The molecule has 0 unspecified atom stereocenters. The van der Waals surface area contributed by atoms with Crippen molar-refractivity contribution >= 4 is 5.82 Å². The highest BCUT2D eigenvalue weighted by Gasteiger charge is 2.06. The molecule has 0 atom stereocenters. The van der Waals surface area contributed by atoms with Gasteiger partial charge in [0.2, 0.25) is 5.88 Å². The maximum absolute atomic E-state index is 8.65. The van der Waals surface area contributed by atoms with Crippen molar-refractivity contribution in [1.82, 2.24) is 9.97 Å². The normalized spacial score (nSPS) is 10.1. The van der Waals surface area contributed by atoms with Gasteiger partial charge in [0.1, 0.15) is 18.8 Å². The van der Waals surface area contributed by atoms with E-state index in [1.165, 1.54) is 6.33 Å². The summed E-state index contributed by atoms with van der Waals surface area (Å²) in [6, 6.07) is 0. The Balaban J connectivity index is 2.71. The van der Waals surface area contributed by atoms with Crippen LogP contribution in [0.5, 0.6) is 5.88 Å². The Morgan fingerprint density at radius 1 is 1.47 bits per heavy atom. The van der Waals surface area contributed by atoms with Crippen LogP contribution in [0.4, 0.5) is 5.82 Å². The van der Waals surface area contributed by atoms with Crippen LogP contribution < -0.4 is 10.1 Å². The van der Waals surface area contributed by atoms with Gasteiger partial charge in [-0.25, -0.2) is 9.97 Å². The highest BCUT2D eigenvalue weighted by molar-refractivity contribution is 5.47. The van der Waals surface area contributed by atoms with Gasteiger partial charge in [-0.2, -0.15) is 0 Å². The van der Waals surface area contributed by atoms with Crippen LogP contribution in [0, 0.1) is 6.92 Å². The quantitative estimate of drug-likeness (QED) is 0.734. The molecule has 0 bridgehead atoms. The van der Waals surface area contributed by atoms with Gasteiger partial charge in [0, 0.05) is 6.54 Å². The Morgan fingerprint density at radius 3 is 2.93 bits per heavy atom. The monoisotopic (exact) mass is 211 g/mol. The Morgan fingerprint density at radius 2 is 2.27 bits per heavy atom. The Hall–Kier alpha value is -1.36. The van der Waals surface area contributed by atoms with Gasteiger partial charge < -0.3 is 15.2 Å². The minimum absolute atomic E-state index is 0.0127. The molecule has 0 aliphatic carbocycles. The number of rotatable bonds is 6. The van der Waals surface area contributed by atoms with Gasteiger partial charge in [-0.1, -0.05) is 6.92 Å². The second kappa shape index (κ2) is 6.19. The molecule has 0 aliphatic heterocycles. The van der Waals surface area contributed by atoms with Gasteiger partial charge in [0.25, 0.3) is 0 Å². The Labute approximate surface area is 89.5 Å². The molecular formula is C10H17N3O2. The van der Waals surface area contributed by atoms with Gasteiger partial charge in [-0.05, 0) is 13.3 Å². The van der Waals surface area contributed by atoms with Crippen LogP contribution in [0.3, 0.4) is 0 Å². The van der Waals surface area contributed by atoms with E-state index in [4.69, 9.17) is 9.84 Å². The molecule has 0 saturated carbocycles. The van der Waals surface area contributed by atoms with Gasteiger partial charge in [0.05, 0.1) is 12.2 Å². The molecule has 1 aromatic rings. The molecule has 1 rings (SSSR count). The number of aliphatic hydroxyl groups is 1. The Bertz CT molecular complexity index is 278. The van der Waals surface area contributed by atoms with Crippen molar-refractivity contribution < 1.29 is 9.84 Å². The fourth-order valence-electron chi connectivity index (χ4n) is 1.14. The molecule has 0 aromatic carbocycles. The maximum atomic E-state index is 8.65. The molecule has 2 N–H and O–H groups in total. The number of anilines is 1. The minimum atomic E-state index is -0.0127. The van der Waals surface area contributed by atoms with Gasteiger partial charge in [0.15, 0.2) is 0 Å². The topological polar surface area (TPSA) is 67.3 Å². The molecule has 5 nitrogen and oxygen atoms in total. The zero-order chi connectivity index (χ0) is 11.1. The lowest BCUT2D eigenvalue weighted by atomic mass is 10.3. The van der Waals surface area contributed by atoms with E-state index < -0.39 is 0 Å². The molecule has 1 heterocycles. The molecule has 0 aliphatic rings. The first-order chi connectivity index (χ1) is 7.29. The summed E-state index contributed by atoms with van der Waals surface area (Å²) >= 11 is 0. The lowest BCUT2D eigenvalue weighted by Gasteiger charge is -2.10. The third kappa shape index (κ3) is 3.36. The number of aromatic nitrogens is 2. The van der Waals surface area contributed by atoms with Crippen LogP contribution in [0.25, 0.3) is 0 Å². The molecule has 0 saturated heterocycles. The van der Waals surface area contributed by atoms with Crippen molar-refractivity contribution in [2.45, 2.75) is 20.3 Å². The third-order valence-electron chi connectivity index (χ3n) is 1.91. The molecule has 84 valence electrons. The second-order valence-corrected chi connectivity index (χ2v) is 3.15. The molecule has 0 radical (unpaired) electrons. The zero-order valence-electron chi connectivity index (χ0n) is 9.16. The first-order valence-corrected chi connectivity index (χ1v) is 5.08. The van der Waals surface area contributed by atoms with Crippen LogP contribution in [-0.2, 0) is 0 Å². The number of ether oxygens (including phenoxy) is 1. The summed E-state index contributed by atoms with van der Waals surface area (Å²) in [5, 5.41) is 11.8. The summed E-state index contributed by atoms with van der Waals surface area (Å²) in [7, 11) is 0.